The molecule has 0 aliphatic rings. The molecule has 0 bridgehead atoms. The van der Waals surface area contributed by atoms with Crippen molar-refractivity contribution in [1.82, 2.24) is 5.32 Å². The molecular formula is C21H26ClNO3S. The molecular weight excluding hydrogens is 382 g/mol. The molecule has 0 saturated carbocycles. The summed E-state index contributed by atoms with van der Waals surface area (Å²) in [4.78, 5) is 1.18. The van der Waals surface area contributed by atoms with Crippen molar-refractivity contribution in [1.29, 1.82) is 0 Å². The number of hydrogen-bond donors (Lipinski definition) is 4. The smallest absolute Gasteiger partial charge is 0.0633 e. The molecule has 0 aliphatic carbocycles. The van der Waals surface area contributed by atoms with Gasteiger partial charge in [-0.2, -0.15) is 0 Å². The highest BCUT2D eigenvalue weighted by Gasteiger charge is 2.22. The van der Waals surface area contributed by atoms with Crippen molar-refractivity contribution >= 4 is 45.7 Å². The summed E-state index contributed by atoms with van der Waals surface area (Å²) in [6, 6.07) is 16.6. The summed E-state index contributed by atoms with van der Waals surface area (Å²) < 4.78 is 0. The molecule has 6 heteroatoms. The minimum absolute atomic E-state index is 0. The van der Waals surface area contributed by atoms with Gasteiger partial charge in [0.2, 0.25) is 0 Å². The average Bonchev–Trinajstić information content (AvgIpc) is 2.70. The summed E-state index contributed by atoms with van der Waals surface area (Å²) in [5.74, 6) is 0.651. The Hall–Kier alpha value is -1.34. The van der Waals surface area contributed by atoms with Crippen molar-refractivity contribution < 1.29 is 15.3 Å². The van der Waals surface area contributed by atoms with Gasteiger partial charge in [0.1, 0.15) is 0 Å². The van der Waals surface area contributed by atoms with Crippen molar-refractivity contribution in [2.45, 2.75) is 23.9 Å². The van der Waals surface area contributed by atoms with Crippen LogP contribution in [0.2, 0.25) is 0 Å². The second kappa shape index (κ2) is 9.73. The normalized spacial score (nSPS) is 11.7. The number of nitrogens with one attached hydrogen (secondary N) is 1. The van der Waals surface area contributed by atoms with E-state index in [0.29, 0.717) is 12.3 Å². The molecule has 0 unspecified atom stereocenters. The van der Waals surface area contributed by atoms with Gasteiger partial charge in [-0.05, 0) is 34.0 Å². The number of halogens is 1. The van der Waals surface area contributed by atoms with Crippen LogP contribution in [0.15, 0.2) is 53.4 Å². The highest BCUT2D eigenvalue weighted by Crippen LogP contribution is 2.38. The summed E-state index contributed by atoms with van der Waals surface area (Å²) in [6.45, 7) is 2.22. The van der Waals surface area contributed by atoms with Crippen LogP contribution < -0.4 is 5.32 Å². The Kier molecular flexibility index (Phi) is 7.91. The van der Waals surface area contributed by atoms with E-state index in [4.69, 9.17) is 0 Å². The summed E-state index contributed by atoms with van der Waals surface area (Å²) in [5, 5.41) is 36.4. The summed E-state index contributed by atoms with van der Waals surface area (Å²) in [6.07, 6.45) is 0. The third-order valence-corrected chi connectivity index (χ3v) is 5.84. The fourth-order valence-corrected chi connectivity index (χ4v) is 4.10. The molecule has 0 radical (unpaired) electrons. The maximum atomic E-state index is 9.58. The minimum atomic E-state index is -0.730. The standard InChI is InChI=1S/C21H25NO3S.ClH/c1-21(13-24,14-25)22-12-19-15-6-2-4-8-17(15)20(26-11-10-23)18-9-5-3-7-16(18)19;/h2-9,22-25H,10-14H2,1H3;1H. The van der Waals surface area contributed by atoms with E-state index in [9.17, 15) is 15.3 Å². The van der Waals surface area contributed by atoms with Gasteiger partial charge in [0, 0.05) is 17.2 Å². The van der Waals surface area contributed by atoms with Gasteiger partial charge in [0.15, 0.2) is 0 Å². The maximum Gasteiger partial charge on any atom is 0.0633 e. The maximum absolute atomic E-state index is 9.58. The SMILES string of the molecule is CC(CO)(CO)NCc1c2ccccc2c(SCCO)c2ccccc12.Cl. The Morgan fingerprint density at radius 2 is 1.33 bits per heavy atom. The van der Waals surface area contributed by atoms with Gasteiger partial charge in [-0.1, -0.05) is 48.5 Å². The minimum Gasteiger partial charge on any atom is -0.396 e. The molecule has 0 aromatic heterocycles. The molecule has 3 aromatic carbocycles. The first kappa shape index (κ1) is 22.0. The van der Waals surface area contributed by atoms with E-state index in [2.05, 4.69) is 29.6 Å². The molecule has 0 saturated heterocycles. The van der Waals surface area contributed by atoms with Gasteiger partial charge >= 0.3 is 0 Å². The van der Waals surface area contributed by atoms with E-state index in [1.807, 2.05) is 31.2 Å². The third kappa shape index (κ3) is 4.57. The van der Waals surface area contributed by atoms with Crippen LogP contribution in [-0.4, -0.2) is 46.4 Å². The zero-order valence-electron chi connectivity index (χ0n) is 15.3. The Morgan fingerprint density at radius 1 is 0.852 bits per heavy atom. The lowest BCUT2D eigenvalue weighted by Gasteiger charge is -2.27. The molecule has 0 amide bonds. The van der Waals surface area contributed by atoms with Crippen LogP contribution in [0.3, 0.4) is 0 Å². The number of fused-ring (bicyclic) bond motifs is 2. The van der Waals surface area contributed by atoms with Gasteiger partial charge in [0.05, 0.1) is 25.4 Å². The van der Waals surface area contributed by atoms with Gasteiger partial charge in [-0.15, -0.1) is 24.2 Å². The second-order valence-electron chi connectivity index (χ2n) is 6.70. The number of benzene rings is 3. The number of hydrogen-bond acceptors (Lipinski definition) is 5. The van der Waals surface area contributed by atoms with E-state index in [1.54, 1.807) is 11.8 Å². The van der Waals surface area contributed by atoms with Crippen molar-refractivity contribution in [3.05, 3.63) is 54.1 Å². The highest BCUT2D eigenvalue weighted by molar-refractivity contribution is 7.99. The summed E-state index contributed by atoms with van der Waals surface area (Å²) >= 11 is 1.67. The predicted molar refractivity (Wildman–Crippen MR) is 116 cm³/mol. The topological polar surface area (TPSA) is 72.7 Å². The Balaban J connectivity index is 0.00000261. The lowest BCUT2D eigenvalue weighted by atomic mass is 9.95. The third-order valence-electron chi connectivity index (χ3n) is 4.72. The molecule has 0 fully saturated rings. The van der Waals surface area contributed by atoms with E-state index >= 15 is 0 Å². The first-order chi connectivity index (χ1) is 12.6. The van der Waals surface area contributed by atoms with Crippen molar-refractivity contribution in [3.63, 3.8) is 0 Å². The van der Waals surface area contributed by atoms with Crippen LogP contribution in [0.25, 0.3) is 21.5 Å². The molecule has 146 valence electrons. The van der Waals surface area contributed by atoms with Crippen LogP contribution >= 0.6 is 24.2 Å². The lowest BCUT2D eigenvalue weighted by Crippen LogP contribution is -2.48. The first-order valence-electron chi connectivity index (χ1n) is 8.76. The largest absolute Gasteiger partial charge is 0.396 e. The fraction of sp³-hybridized carbons (Fsp3) is 0.333. The van der Waals surface area contributed by atoms with Crippen molar-refractivity contribution in [2.75, 3.05) is 25.6 Å². The molecule has 0 atom stereocenters. The molecule has 4 N–H and O–H groups in total. The van der Waals surface area contributed by atoms with Crippen LogP contribution in [0.5, 0.6) is 0 Å². The zero-order valence-corrected chi connectivity index (χ0v) is 16.9. The Morgan fingerprint density at radius 3 is 1.78 bits per heavy atom. The average molecular weight is 408 g/mol. The van der Waals surface area contributed by atoms with Crippen LogP contribution in [0.4, 0.5) is 0 Å². The molecule has 3 aromatic rings. The van der Waals surface area contributed by atoms with Crippen LogP contribution in [0, 0.1) is 0 Å². The first-order valence-corrected chi connectivity index (χ1v) is 9.75. The monoisotopic (exact) mass is 407 g/mol. The van der Waals surface area contributed by atoms with Gasteiger partial charge in [-0.25, -0.2) is 0 Å². The molecule has 3 rings (SSSR count). The van der Waals surface area contributed by atoms with Crippen LogP contribution in [-0.2, 0) is 6.54 Å². The van der Waals surface area contributed by atoms with E-state index in [1.165, 1.54) is 4.90 Å². The lowest BCUT2D eigenvalue weighted by molar-refractivity contribution is 0.103. The molecule has 0 heterocycles. The highest BCUT2D eigenvalue weighted by atomic mass is 35.5. The molecule has 4 nitrogen and oxygen atoms in total. The van der Waals surface area contributed by atoms with Crippen molar-refractivity contribution in [3.8, 4) is 0 Å². The number of rotatable bonds is 8. The quantitative estimate of drug-likeness (QED) is 0.340. The second-order valence-corrected chi connectivity index (χ2v) is 7.81. The van der Waals surface area contributed by atoms with Gasteiger partial charge in [-0.3, -0.25) is 0 Å². The predicted octanol–water partition coefficient (Wildman–Crippen LogP) is 3.33. The Bertz CT molecular complexity index is 842. The van der Waals surface area contributed by atoms with Crippen molar-refractivity contribution in [2.24, 2.45) is 0 Å². The molecule has 0 aliphatic heterocycles. The summed E-state index contributed by atoms with van der Waals surface area (Å²) in [5.41, 5.74) is 0.421. The van der Waals surface area contributed by atoms with E-state index in [0.717, 1.165) is 27.1 Å². The summed E-state index contributed by atoms with van der Waals surface area (Å²) in [7, 11) is 0. The fourth-order valence-electron chi connectivity index (χ4n) is 3.14. The Labute approximate surface area is 170 Å². The van der Waals surface area contributed by atoms with Gasteiger partial charge < -0.3 is 20.6 Å². The number of aliphatic hydroxyl groups excluding tert-OH is 3. The zero-order chi connectivity index (χ0) is 18.6. The van der Waals surface area contributed by atoms with E-state index in [-0.39, 0.29) is 32.2 Å². The number of thioether (sulfide) groups is 1. The van der Waals surface area contributed by atoms with Gasteiger partial charge in [0.25, 0.3) is 0 Å². The van der Waals surface area contributed by atoms with E-state index < -0.39 is 5.54 Å². The number of aliphatic hydroxyl groups is 3. The molecule has 27 heavy (non-hydrogen) atoms. The molecule has 0 spiro atoms. The van der Waals surface area contributed by atoms with Crippen LogP contribution in [0.1, 0.15) is 12.5 Å².